The standard InChI is InChI=1S/C15H23NO/c1-12-7-8-15(14(10-12)11-17)16-9-5-3-4-6-13(16)2/h7-8,10,13,17H,3-6,9,11H2,1-2H3. The van der Waals surface area contributed by atoms with Crippen molar-refractivity contribution < 1.29 is 5.11 Å². The minimum atomic E-state index is 0.139. The quantitative estimate of drug-likeness (QED) is 0.847. The summed E-state index contributed by atoms with van der Waals surface area (Å²) in [5.41, 5.74) is 3.52. The van der Waals surface area contributed by atoms with Gasteiger partial charge in [-0.1, -0.05) is 30.5 Å². The molecule has 0 amide bonds. The highest BCUT2D eigenvalue weighted by atomic mass is 16.3. The SMILES string of the molecule is Cc1ccc(N2CCCCCC2C)c(CO)c1. The van der Waals surface area contributed by atoms with Gasteiger partial charge in [0.2, 0.25) is 0 Å². The molecule has 0 bridgehead atoms. The summed E-state index contributed by atoms with van der Waals surface area (Å²) in [6.45, 7) is 5.64. The van der Waals surface area contributed by atoms with E-state index in [1.54, 1.807) is 0 Å². The van der Waals surface area contributed by atoms with Crippen LogP contribution in [0.3, 0.4) is 0 Å². The van der Waals surface area contributed by atoms with Crippen LogP contribution in [0.15, 0.2) is 18.2 Å². The van der Waals surface area contributed by atoms with Crippen LogP contribution in [0.5, 0.6) is 0 Å². The number of rotatable bonds is 2. The fourth-order valence-electron chi connectivity index (χ4n) is 2.75. The molecule has 17 heavy (non-hydrogen) atoms. The Labute approximate surface area is 104 Å². The van der Waals surface area contributed by atoms with Crippen LogP contribution in [0.4, 0.5) is 5.69 Å². The number of anilines is 1. The fourth-order valence-corrected chi connectivity index (χ4v) is 2.75. The van der Waals surface area contributed by atoms with E-state index in [9.17, 15) is 5.11 Å². The molecule has 0 saturated carbocycles. The molecule has 1 aromatic rings. The molecule has 1 N–H and O–H groups in total. The zero-order valence-corrected chi connectivity index (χ0v) is 10.9. The number of aliphatic hydroxyl groups excluding tert-OH is 1. The van der Waals surface area contributed by atoms with Gasteiger partial charge in [0.15, 0.2) is 0 Å². The summed E-state index contributed by atoms with van der Waals surface area (Å²) in [6, 6.07) is 7.01. The number of aliphatic hydroxyl groups is 1. The van der Waals surface area contributed by atoms with Crippen LogP contribution >= 0.6 is 0 Å². The van der Waals surface area contributed by atoms with E-state index in [2.05, 4.69) is 36.9 Å². The normalized spacial score (nSPS) is 21.4. The van der Waals surface area contributed by atoms with Crippen molar-refractivity contribution in [3.63, 3.8) is 0 Å². The third kappa shape index (κ3) is 2.81. The Balaban J connectivity index is 2.30. The molecular formula is C15H23NO. The second-order valence-corrected chi connectivity index (χ2v) is 5.18. The fraction of sp³-hybridized carbons (Fsp3) is 0.600. The number of nitrogens with zero attached hydrogens (tertiary/aromatic N) is 1. The topological polar surface area (TPSA) is 23.5 Å². The first-order valence-electron chi connectivity index (χ1n) is 6.69. The molecule has 2 rings (SSSR count). The summed E-state index contributed by atoms with van der Waals surface area (Å²) in [5.74, 6) is 0. The molecular weight excluding hydrogens is 210 g/mol. The third-order valence-corrected chi connectivity index (χ3v) is 3.77. The van der Waals surface area contributed by atoms with Gasteiger partial charge >= 0.3 is 0 Å². The van der Waals surface area contributed by atoms with Crippen molar-refractivity contribution in [1.29, 1.82) is 0 Å². The van der Waals surface area contributed by atoms with Gasteiger partial charge < -0.3 is 10.0 Å². The van der Waals surface area contributed by atoms with Crippen molar-refractivity contribution in [3.8, 4) is 0 Å². The van der Waals surface area contributed by atoms with E-state index >= 15 is 0 Å². The minimum absolute atomic E-state index is 0.139. The molecule has 0 spiro atoms. The molecule has 0 aromatic heterocycles. The van der Waals surface area contributed by atoms with Crippen LogP contribution in [0.25, 0.3) is 0 Å². The molecule has 1 unspecified atom stereocenters. The summed E-state index contributed by atoms with van der Waals surface area (Å²) < 4.78 is 0. The summed E-state index contributed by atoms with van der Waals surface area (Å²) in [6.07, 6.45) is 5.20. The van der Waals surface area contributed by atoms with E-state index in [0.29, 0.717) is 6.04 Å². The molecule has 1 fully saturated rings. The van der Waals surface area contributed by atoms with E-state index in [0.717, 1.165) is 12.1 Å². The average molecular weight is 233 g/mol. The van der Waals surface area contributed by atoms with Crippen LogP contribution in [0, 0.1) is 6.92 Å². The Kier molecular flexibility index (Phi) is 4.06. The van der Waals surface area contributed by atoms with Crippen LogP contribution < -0.4 is 4.90 Å². The maximum atomic E-state index is 9.50. The maximum absolute atomic E-state index is 9.50. The third-order valence-electron chi connectivity index (χ3n) is 3.77. The second-order valence-electron chi connectivity index (χ2n) is 5.18. The predicted molar refractivity (Wildman–Crippen MR) is 72.4 cm³/mol. The van der Waals surface area contributed by atoms with Gasteiger partial charge in [0.05, 0.1) is 6.61 Å². The Morgan fingerprint density at radius 2 is 2.12 bits per heavy atom. The van der Waals surface area contributed by atoms with Crippen LogP contribution in [0.2, 0.25) is 0 Å². The van der Waals surface area contributed by atoms with Gasteiger partial charge in [-0.05, 0) is 32.8 Å². The molecule has 2 heteroatoms. The molecule has 1 atom stereocenters. The van der Waals surface area contributed by atoms with Crippen molar-refractivity contribution in [1.82, 2.24) is 0 Å². The Hall–Kier alpha value is -1.02. The first-order chi connectivity index (χ1) is 8.22. The zero-order chi connectivity index (χ0) is 12.3. The van der Waals surface area contributed by atoms with Crippen molar-refractivity contribution in [2.45, 2.75) is 52.2 Å². The number of hydrogen-bond acceptors (Lipinski definition) is 2. The summed E-state index contributed by atoms with van der Waals surface area (Å²) in [7, 11) is 0. The first kappa shape index (κ1) is 12.4. The lowest BCUT2D eigenvalue weighted by atomic mass is 10.1. The molecule has 0 aliphatic carbocycles. The van der Waals surface area contributed by atoms with Gasteiger partial charge in [0.1, 0.15) is 0 Å². The van der Waals surface area contributed by atoms with E-state index in [-0.39, 0.29) is 6.61 Å². The van der Waals surface area contributed by atoms with Gasteiger partial charge in [-0.25, -0.2) is 0 Å². The summed E-state index contributed by atoms with van der Waals surface area (Å²) in [4.78, 5) is 2.47. The lowest BCUT2D eigenvalue weighted by Crippen LogP contribution is -2.33. The van der Waals surface area contributed by atoms with Gasteiger partial charge in [0, 0.05) is 23.8 Å². The predicted octanol–water partition coefficient (Wildman–Crippen LogP) is 3.26. The summed E-state index contributed by atoms with van der Waals surface area (Å²) >= 11 is 0. The van der Waals surface area contributed by atoms with Gasteiger partial charge in [-0.15, -0.1) is 0 Å². The molecule has 2 nitrogen and oxygen atoms in total. The highest BCUT2D eigenvalue weighted by molar-refractivity contribution is 5.55. The number of hydrogen-bond donors (Lipinski definition) is 1. The molecule has 1 aliphatic rings. The van der Waals surface area contributed by atoms with Gasteiger partial charge in [0.25, 0.3) is 0 Å². The minimum Gasteiger partial charge on any atom is -0.392 e. The van der Waals surface area contributed by atoms with E-state index in [1.165, 1.54) is 36.9 Å². The van der Waals surface area contributed by atoms with Crippen molar-refractivity contribution in [2.24, 2.45) is 0 Å². The van der Waals surface area contributed by atoms with Crippen molar-refractivity contribution in [2.75, 3.05) is 11.4 Å². The molecule has 1 heterocycles. The Bertz CT molecular complexity index is 375. The molecule has 0 radical (unpaired) electrons. The molecule has 1 aromatic carbocycles. The van der Waals surface area contributed by atoms with Gasteiger partial charge in [-0.3, -0.25) is 0 Å². The van der Waals surface area contributed by atoms with Crippen molar-refractivity contribution in [3.05, 3.63) is 29.3 Å². The lowest BCUT2D eigenvalue weighted by molar-refractivity contribution is 0.281. The second kappa shape index (κ2) is 5.54. The highest BCUT2D eigenvalue weighted by Gasteiger charge is 2.19. The van der Waals surface area contributed by atoms with Crippen LogP contribution in [-0.4, -0.2) is 17.7 Å². The lowest BCUT2D eigenvalue weighted by Gasteiger charge is -2.31. The molecule has 1 saturated heterocycles. The zero-order valence-electron chi connectivity index (χ0n) is 10.9. The van der Waals surface area contributed by atoms with Gasteiger partial charge in [-0.2, -0.15) is 0 Å². The molecule has 1 aliphatic heterocycles. The smallest absolute Gasteiger partial charge is 0.0702 e. The number of benzene rings is 1. The Morgan fingerprint density at radius 3 is 2.88 bits per heavy atom. The van der Waals surface area contributed by atoms with Crippen molar-refractivity contribution >= 4 is 5.69 Å². The number of aryl methyl sites for hydroxylation is 1. The largest absolute Gasteiger partial charge is 0.392 e. The van der Waals surface area contributed by atoms with Crippen LogP contribution in [-0.2, 0) is 6.61 Å². The Morgan fingerprint density at radius 1 is 1.29 bits per heavy atom. The van der Waals surface area contributed by atoms with E-state index in [1.807, 2.05) is 0 Å². The maximum Gasteiger partial charge on any atom is 0.0702 e. The van der Waals surface area contributed by atoms with E-state index < -0.39 is 0 Å². The first-order valence-corrected chi connectivity index (χ1v) is 6.69. The average Bonchev–Trinajstić information content (AvgIpc) is 2.54. The molecule has 94 valence electrons. The highest BCUT2D eigenvalue weighted by Crippen LogP contribution is 2.28. The van der Waals surface area contributed by atoms with Crippen LogP contribution in [0.1, 0.15) is 43.7 Å². The van der Waals surface area contributed by atoms with E-state index in [4.69, 9.17) is 0 Å². The summed E-state index contributed by atoms with van der Waals surface area (Å²) in [5, 5.41) is 9.50. The monoisotopic (exact) mass is 233 g/mol.